The molecule has 0 amide bonds. The molecule has 9 heteroatoms. The second-order valence-corrected chi connectivity index (χ2v) is 6.68. The first kappa shape index (κ1) is 16.0. The molecule has 0 spiro atoms. The number of hydrogen-bond acceptors (Lipinski definition) is 7. The van der Waals surface area contributed by atoms with Gasteiger partial charge >= 0.3 is 0 Å². The Hall–Kier alpha value is -3.20. The van der Waals surface area contributed by atoms with Crippen LogP contribution in [0, 0.1) is 0 Å². The summed E-state index contributed by atoms with van der Waals surface area (Å²) in [5.74, 6) is 0.949. The Morgan fingerprint density at radius 3 is 2.89 bits per heavy atom. The van der Waals surface area contributed by atoms with Gasteiger partial charge in [0.2, 0.25) is 5.95 Å². The molecule has 0 aromatic carbocycles. The summed E-state index contributed by atoms with van der Waals surface area (Å²) in [6, 6.07) is 6.04. The fourth-order valence-corrected chi connectivity index (χ4v) is 3.52. The number of rotatable bonds is 5. The standard InChI is InChI=1S/C18H20N8O/c1-2-27-12-9-11(10-12)21-18-23-17(19)16-13(4-7-26(16)24-18)14-5-8-25-15(22-14)3-6-20-25/h3-8,11-12H,2,9-10H2,1H3,(H3,19,21,23,24). The minimum Gasteiger partial charge on any atom is -0.382 e. The number of ether oxygens (including phenoxy) is 1. The number of aromatic nitrogens is 6. The van der Waals surface area contributed by atoms with Crippen molar-refractivity contribution >= 4 is 22.9 Å². The zero-order valence-corrected chi connectivity index (χ0v) is 14.9. The van der Waals surface area contributed by atoms with Crippen LogP contribution in [0.15, 0.2) is 36.8 Å². The maximum atomic E-state index is 6.26. The Morgan fingerprint density at radius 2 is 2.04 bits per heavy atom. The van der Waals surface area contributed by atoms with Crippen LogP contribution in [-0.4, -0.2) is 47.9 Å². The molecular weight excluding hydrogens is 344 g/mol. The second kappa shape index (κ2) is 6.20. The van der Waals surface area contributed by atoms with Gasteiger partial charge in [0.1, 0.15) is 5.52 Å². The molecule has 0 saturated heterocycles. The average Bonchev–Trinajstić information content (AvgIpc) is 3.26. The van der Waals surface area contributed by atoms with Gasteiger partial charge in [-0.3, -0.25) is 0 Å². The van der Waals surface area contributed by atoms with E-state index in [0.717, 1.165) is 41.9 Å². The molecule has 0 unspecified atom stereocenters. The van der Waals surface area contributed by atoms with E-state index in [4.69, 9.17) is 10.5 Å². The Kier molecular flexibility index (Phi) is 3.68. The molecule has 27 heavy (non-hydrogen) atoms. The number of hydrogen-bond donors (Lipinski definition) is 2. The molecule has 1 saturated carbocycles. The van der Waals surface area contributed by atoms with Crippen LogP contribution in [0.5, 0.6) is 0 Å². The van der Waals surface area contributed by atoms with Crippen molar-refractivity contribution in [2.75, 3.05) is 17.7 Å². The van der Waals surface area contributed by atoms with Gasteiger partial charge in [-0.25, -0.2) is 14.0 Å². The van der Waals surface area contributed by atoms with E-state index in [1.807, 2.05) is 37.5 Å². The van der Waals surface area contributed by atoms with E-state index in [1.54, 1.807) is 15.2 Å². The molecule has 1 aliphatic rings. The topological polar surface area (TPSA) is 108 Å². The molecule has 1 aliphatic carbocycles. The van der Waals surface area contributed by atoms with Crippen LogP contribution in [0.3, 0.4) is 0 Å². The number of nitrogen functional groups attached to an aromatic ring is 1. The summed E-state index contributed by atoms with van der Waals surface area (Å²) in [6.45, 7) is 2.76. The van der Waals surface area contributed by atoms with Crippen molar-refractivity contribution in [3.05, 3.63) is 36.8 Å². The van der Waals surface area contributed by atoms with E-state index in [9.17, 15) is 0 Å². The van der Waals surface area contributed by atoms with Crippen LogP contribution >= 0.6 is 0 Å². The highest BCUT2D eigenvalue weighted by Crippen LogP contribution is 2.29. The van der Waals surface area contributed by atoms with Crippen LogP contribution in [-0.2, 0) is 4.74 Å². The molecule has 0 radical (unpaired) electrons. The number of nitrogens with one attached hydrogen (secondary N) is 1. The summed E-state index contributed by atoms with van der Waals surface area (Å²) >= 11 is 0. The molecule has 3 N–H and O–H groups in total. The van der Waals surface area contributed by atoms with E-state index in [1.165, 1.54) is 0 Å². The van der Waals surface area contributed by atoms with Gasteiger partial charge in [-0.2, -0.15) is 10.1 Å². The molecule has 0 aliphatic heterocycles. The van der Waals surface area contributed by atoms with Gasteiger partial charge in [0.05, 0.1) is 18.0 Å². The summed E-state index contributed by atoms with van der Waals surface area (Å²) in [4.78, 5) is 9.09. The lowest BCUT2D eigenvalue weighted by Gasteiger charge is -2.35. The van der Waals surface area contributed by atoms with Gasteiger partial charge in [0, 0.05) is 36.7 Å². The zero-order chi connectivity index (χ0) is 18.4. The van der Waals surface area contributed by atoms with E-state index >= 15 is 0 Å². The van der Waals surface area contributed by atoms with Crippen molar-refractivity contribution < 1.29 is 4.74 Å². The van der Waals surface area contributed by atoms with Gasteiger partial charge < -0.3 is 15.8 Å². The Labute approximate surface area is 155 Å². The minimum atomic E-state index is 0.319. The van der Waals surface area contributed by atoms with Crippen molar-refractivity contribution in [3.8, 4) is 11.3 Å². The van der Waals surface area contributed by atoms with E-state index in [2.05, 4.69) is 25.5 Å². The van der Waals surface area contributed by atoms with Crippen LogP contribution < -0.4 is 11.1 Å². The summed E-state index contributed by atoms with van der Waals surface area (Å²) in [5.41, 5.74) is 9.48. The predicted molar refractivity (Wildman–Crippen MR) is 101 cm³/mol. The first-order chi connectivity index (χ1) is 13.2. The molecule has 9 nitrogen and oxygen atoms in total. The highest BCUT2D eigenvalue weighted by Gasteiger charge is 2.30. The fraction of sp³-hybridized carbons (Fsp3) is 0.333. The van der Waals surface area contributed by atoms with Gasteiger partial charge in [0.25, 0.3) is 0 Å². The molecule has 0 bridgehead atoms. The van der Waals surface area contributed by atoms with Crippen molar-refractivity contribution in [1.82, 2.24) is 29.2 Å². The third kappa shape index (κ3) is 2.76. The Bertz CT molecular complexity index is 1110. The van der Waals surface area contributed by atoms with Crippen LogP contribution in [0.2, 0.25) is 0 Å². The summed E-state index contributed by atoms with van der Waals surface area (Å²) < 4.78 is 9.06. The van der Waals surface area contributed by atoms with Crippen molar-refractivity contribution in [2.24, 2.45) is 0 Å². The first-order valence-electron chi connectivity index (χ1n) is 9.05. The normalized spacial score (nSPS) is 19.4. The SMILES string of the molecule is CCOC1CC(Nc2nc(N)c3c(-c4ccn5nccc5n4)ccn3n2)C1. The lowest BCUT2D eigenvalue weighted by atomic mass is 9.89. The summed E-state index contributed by atoms with van der Waals surface area (Å²) in [6.07, 6.45) is 7.72. The molecule has 4 heterocycles. The molecule has 5 rings (SSSR count). The number of fused-ring (bicyclic) bond motifs is 2. The second-order valence-electron chi connectivity index (χ2n) is 6.68. The van der Waals surface area contributed by atoms with E-state index < -0.39 is 0 Å². The van der Waals surface area contributed by atoms with Gasteiger partial charge in [-0.1, -0.05) is 0 Å². The Morgan fingerprint density at radius 1 is 1.19 bits per heavy atom. The van der Waals surface area contributed by atoms with Crippen molar-refractivity contribution in [3.63, 3.8) is 0 Å². The maximum absolute atomic E-state index is 6.26. The zero-order valence-electron chi connectivity index (χ0n) is 14.9. The van der Waals surface area contributed by atoms with Crippen LogP contribution in [0.1, 0.15) is 19.8 Å². The minimum absolute atomic E-state index is 0.319. The number of nitrogens with zero attached hydrogens (tertiary/aromatic N) is 6. The number of anilines is 2. The molecule has 4 aromatic heterocycles. The third-order valence-electron chi connectivity index (χ3n) is 4.90. The average molecular weight is 364 g/mol. The smallest absolute Gasteiger partial charge is 0.243 e. The molecule has 4 aromatic rings. The van der Waals surface area contributed by atoms with E-state index in [0.29, 0.717) is 23.9 Å². The predicted octanol–water partition coefficient (Wildman–Crippen LogP) is 2.00. The third-order valence-corrected chi connectivity index (χ3v) is 4.90. The summed E-state index contributed by atoms with van der Waals surface area (Å²) in [7, 11) is 0. The molecule has 0 atom stereocenters. The lowest BCUT2D eigenvalue weighted by Crippen LogP contribution is -2.41. The van der Waals surface area contributed by atoms with Crippen molar-refractivity contribution in [2.45, 2.75) is 31.9 Å². The lowest BCUT2D eigenvalue weighted by molar-refractivity contribution is 0.00283. The maximum Gasteiger partial charge on any atom is 0.243 e. The largest absolute Gasteiger partial charge is 0.382 e. The van der Waals surface area contributed by atoms with Crippen molar-refractivity contribution in [1.29, 1.82) is 0 Å². The van der Waals surface area contributed by atoms with Crippen LogP contribution in [0.4, 0.5) is 11.8 Å². The van der Waals surface area contributed by atoms with Gasteiger partial charge in [-0.15, -0.1) is 5.10 Å². The molecule has 1 fully saturated rings. The highest BCUT2D eigenvalue weighted by molar-refractivity contribution is 5.86. The Balaban J connectivity index is 1.44. The number of nitrogens with two attached hydrogens (primary N) is 1. The summed E-state index contributed by atoms with van der Waals surface area (Å²) in [5, 5.41) is 12.1. The van der Waals surface area contributed by atoms with Gasteiger partial charge in [-0.05, 0) is 31.9 Å². The molecule has 138 valence electrons. The monoisotopic (exact) mass is 364 g/mol. The van der Waals surface area contributed by atoms with E-state index in [-0.39, 0.29) is 0 Å². The quantitative estimate of drug-likeness (QED) is 0.557. The highest BCUT2D eigenvalue weighted by atomic mass is 16.5. The van der Waals surface area contributed by atoms with Gasteiger partial charge in [0.15, 0.2) is 11.5 Å². The van der Waals surface area contributed by atoms with Crippen LogP contribution in [0.25, 0.3) is 22.4 Å². The molecular formula is C18H20N8O. The first-order valence-corrected chi connectivity index (χ1v) is 9.05. The fourth-order valence-electron chi connectivity index (χ4n) is 3.52.